The Morgan fingerprint density at radius 2 is 2.26 bits per heavy atom. The van der Waals surface area contributed by atoms with Crippen molar-refractivity contribution in [2.75, 3.05) is 11.1 Å². The van der Waals surface area contributed by atoms with Gasteiger partial charge in [0.05, 0.1) is 5.75 Å². The lowest BCUT2D eigenvalue weighted by Crippen LogP contribution is -2.13. The molecule has 2 heterocycles. The van der Waals surface area contributed by atoms with Crippen molar-refractivity contribution in [1.82, 2.24) is 10.2 Å². The van der Waals surface area contributed by atoms with E-state index in [4.69, 9.17) is 9.68 Å². The fourth-order valence-corrected chi connectivity index (χ4v) is 3.67. The molecule has 0 bridgehead atoms. The Morgan fingerprint density at radius 3 is 2.83 bits per heavy atom. The first-order chi connectivity index (χ1) is 10.9. The van der Waals surface area contributed by atoms with Crippen LogP contribution < -0.4 is 5.32 Å². The van der Waals surface area contributed by atoms with Crippen molar-refractivity contribution in [3.05, 3.63) is 28.1 Å². The summed E-state index contributed by atoms with van der Waals surface area (Å²) in [6, 6.07) is 4.93. The highest BCUT2D eigenvalue weighted by Crippen LogP contribution is 2.22. The summed E-state index contributed by atoms with van der Waals surface area (Å²) in [5.74, 6) is -0.543. The van der Waals surface area contributed by atoms with Crippen LogP contribution in [0.25, 0.3) is 6.08 Å². The third kappa shape index (κ3) is 4.25. The van der Waals surface area contributed by atoms with Crippen LogP contribution in [0.5, 0.6) is 0 Å². The molecule has 0 aliphatic heterocycles. The van der Waals surface area contributed by atoms with E-state index in [1.165, 1.54) is 13.0 Å². The highest BCUT2D eigenvalue weighted by molar-refractivity contribution is 9.10. The largest absolute Gasteiger partial charge is 0.450 e. The van der Waals surface area contributed by atoms with E-state index in [2.05, 4.69) is 31.4 Å². The summed E-state index contributed by atoms with van der Waals surface area (Å²) in [7, 11) is -3.49. The van der Waals surface area contributed by atoms with E-state index in [0.29, 0.717) is 10.4 Å². The highest BCUT2D eigenvalue weighted by atomic mass is 79.9. The Hall–Kier alpha value is -2.03. The lowest BCUT2D eigenvalue weighted by atomic mass is 10.2. The molecule has 0 aromatic carbocycles. The van der Waals surface area contributed by atoms with Crippen molar-refractivity contribution >= 4 is 54.2 Å². The van der Waals surface area contributed by atoms with Gasteiger partial charge < -0.3 is 4.42 Å². The molecule has 0 saturated carbocycles. The van der Waals surface area contributed by atoms with Crippen LogP contribution in [-0.4, -0.2) is 30.3 Å². The second-order valence-corrected chi connectivity index (χ2v) is 8.25. The number of aromatic nitrogens is 2. The van der Waals surface area contributed by atoms with Gasteiger partial charge in [-0.1, -0.05) is 18.3 Å². The van der Waals surface area contributed by atoms with Crippen molar-refractivity contribution < 1.29 is 17.6 Å². The minimum absolute atomic E-state index is 0.0104. The molecule has 0 atom stereocenters. The number of amides is 1. The Labute approximate surface area is 143 Å². The van der Waals surface area contributed by atoms with E-state index < -0.39 is 15.7 Å². The zero-order chi connectivity index (χ0) is 17.0. The number of nitrogens with zero attached hydrogens (tertiary/aromatic N) is 3. The SMILES string of the molecule is CCS(=O)(=O)c1nnc(NC(=O)C(C#N)=Cc2ccc(Br)o2)s1. The first-order valence-corrected chi connectivity index (χ1v) is 9.36. The van der Waals surface area contributed by atoms with Gasteiger partial charge in [-0.3, -0.25) is 10.1 Å². The average Bonchev–Trinajstić information content (AvgIpc) is 3.14. The van der Waals surface area contributed by atoms with Crippen LogP contribution in [-0.2, 0) is 14.6 Å². The number of carbonyl (C=O) groups is 1. The summed E-state index contributed by atoms with van der Waals surface area (Å²) in [5, 5.41) is 18.5. The van der Waals surface area contributed by atoms with Crippen molar-refractivity contribution in [2.24, 2.45) is 0 Å². The summed E-state index contributed by atoms with van der Waals surface area (Å²) < 4.78 is 28.8. The van der Waals surface area contributed by atoms with Gasteiger partial charge in [-0.05, 0) is 28.1 Å². The molecule has 1 amide bonds. The normalized spacial score (nSPS) is 12.0. The first kappa shape index (κ1) is 17.3. The third-order valence-corrected chi connectivity index (χ3v) is 5.96. The summed E-state index contributed by atoms with van der Waals surface area (Å²) in [4.78, 5) is 12.0. The molecule has 23 heavy (non-hydrogen) atoms. The van der Waals surface area contributed by atoms with E-state index in [-0.39, 0.29) is 20.8 Å². The van der Waals surface area contributed by atoms with Crippen LogP contribution in [0.15, 0.2) is 31.1 Å². The van der Waals surface area contributed by atoms with Crippen molar-refractivity contribution in [3.8, 4) is 6.07 Å². The molecule has 0 unspecified atom stereocenters. The molecule has 0 aliphatic rings. The minimum atomic E-state index is -3.49. The number of hydrogen-bond donors (Lipinski definition) is 1. The summed E-state index contributed by atoms with van der Waals surface area (Å²) >= 11 is 3.83. The fraction of sp³-hybridized carbons (Fsp3) is 0.167. The monoisotopic (exact) mass is 416 g/mol. The molecule has 1 N–H and O–H groups in total. The number of sulfone groups is 1. The topological polar surface area (TPSA) is 126 Å². The Balaban J connectivity index is 2.18. The van der Waals surface area contributed by atoms with Gasteiger partial charge in [-0.25, -0.2) is 8.42 Å². The Kier molecular flexibility index (Phi) is 5.30. The van der Waals surface area contributed by atoms with E-state index in [1.54, 1.807) is 18.2 Å². The second kappa shape index (κ2) is 7.03. The van der Waals surface area contributed by atoms with Gasteiger partial charge in [0, 0.05) is 6.08 Å². The standard InChI is InChI=1S/C12H9BrN4O4S2/c1-2-23(19,20)12-17-16-11(22-12)15-10(18)7(6-14)5-8-3-4-9(13)21-8/h3-5H,2H2,1H3,(H,15,16,18). The quantitative estimate of drug-likeness (QED) is 0.449. The number of carbonyl (C=O) groups excluding carboxylic acids is 1. The maximum atomic E-state index is 12.0. The fourth-order valence-electron chi connectivity index (χ4n) is 1.37. The summed E-state index contributed by atoms with van der Waals surface area (Å²) in [5.41, 5.74) is -0.220. The average molecular weight is 417 g/mol. The molecule has 0 aliphatic carbocycles. The predicted molar refractivity (Wildman–Crippen MR) is 86.3 cm³/mol. The maximum absolute atomic E-state index is 12.0. The maximum Gasteiger partial charge on any atom is 0.268 e. The van der Waals surface area contributed by atoms with Crippen molar-refractivity contribution in [1.29, 1.82) is 5.26 Å². The van der Waals surface area contributed by atoms with E-state index in [1.807, 2.05) is 0 Å². The number of nitrogens with one attached hydrogen (secondary N) is 1. The third-order valence-electron chi connectivity index (χ3n) is 2.52. The van der Waals surface area contributed by atoms with Crippen molar-refractivity contribution in [3.63, 3.8) is 0 Å². The molecular weight excluding hydrogens is 408 g/mol. The smallest absolute Gasteiger partial charge is 0.268 e. The molecule has 8 nitrogen and oxygen atoms in total. The van der Waals surface area contributed by atoms with E-state index >= 15 is 0 Å². The number of nitriles is 1. The van der Waals surface area contributed by atoms with Gasteiger partial charge in [0.1, 0.15) is 17.4 Å². The highest BCUT2D eigenvalue weighted by Gasteiger charge is 2.20. The number of furan rings is 1. The molecule has 2 aromatic rings. The number of rotatable bonds is 5. The van der Waals surface area contributed by atoms with Gasteiger partial charge in [-0.15, -0.1) is 10.2 Å². The molecule has 0 radical (unpaired) electrons. The van der Waals surface area contributed by atoms with Crippen LogP contribution in [0.1, 0.15) is 12.7 Å². The molecule has 120 valence electrons. The van der Waals surface area contributed by atoms with Crippen LogP contribution in [0.3, 0.4) is 0 Å². The minimum Gasteiger partial charge on any atom is -0.450 e. The molecule has 2 aromatic heterocycles. The van der Waals surface area contributed by atoms with Crippen molar-refractivity contribution in [2.45, 2.75) is 11.3 Å². The molecular formula is C12H9BrN4O4S2. The molecule has 0 fully saturated rings. The van der Waals surface area contributed by atoms with Crippen LogP contribution in [0, 0.1) is 11.3 Å². The second-order valence-electron chi connectivity index (χ2n) is 4.04. The lowest BCUT2D eigenvalue weighted by Gasteiger charge is -1.98. The van der Waals surface area contributed by atoms with Gasteiger partial charge in [0.2, 0.25) is 19.3 Å². The van der Waals surface area contributed by atoms with Crippen LogP contribution in [0.4, 0.5) is 5.13 Å². The van der Waals surface area contributed by atoms with Gasteiger partial charge in [0.15, 0.2) is 4.67 Å². The van der Waals surface area contributed by atoms with E-state index in [0.717, 1.165) is 11.3 Å². The summed E-state index contributed by atoms with van der Waals surface area (Å²) in [6.45, 7) is 1.48. The zero-order valence-electron chi connectivity index (χ0n) is 11.6. The van der Waals surface area contributed by atoms with Crippen LogP contribution in [0.2, 0.25) is 0 Å². The van der Waals surface area contributed by atoms with Gasteiger partial charge >= 0.3 is 0 Å². The Bertz CT molecular complexity index is 908. The molecule has 0 spiro atoms. The van der Waals surface area contributed by atoms with Gasteiger partial charge in [-0.2, -0.15) is 5.26 Å². The number of halogens is 1. The number of hydrogen-bond acceptors (Lipinski definition) is 8. The lowest BCUT2D eigenvalue weighted by molar-refractivity contribution is -0.112. The number of anilines is 1. The predicted octanol–water partition coefficient (Wildman–Crippen LogP) is 2.23. The molecule has 2 rings (SSSR count). The van der Waals surface area contributed by atoms with Crippen LogP contribution >= 0.6 is 27.3 Å². The molecule has 11 heteroatoms. The summed E-state index contributed by atoms with van der Waals surface area (Å²) in [6.07, 6.45) is 1.25. The molecule has 0 saturated heterocycles. The Morgan fingerprint density at radius 1 is 1.52 bits per heavy atom. The van der Waals surface area contributed by atoms with E-state index in [9.17, 15) is 13.2 Å². The first-order valence-electron chi connectivity index (χ1n) is 6.10. The van der Waals surface area contributed by atoms with Gasteiger partial charge in [0.25, 0.3) is 5.91 Å². The zero-order valence-corrected chi connectivity index (χ0v) is 14.8.